The lowest BCUT2D eigenvalue weighted by molar-refractivity contribution is 0.0387. The molecule has 0 fully saturated rings. The zero-order chi connectivity index (χ0) is 36.5. The van der Waals surface area contributed by atoms with Gasteiger partial charge in [0, 0.05) is 28.6 Å². The highest BCUT2D eigenvalue weighted by atomic mass is 16.5. The molecular weight excluding hydrogens is 627 g/mol. The van der Waals surface area contributed by atoms with Crippen molar-refractivity contribution in [2.75, 3.05) is 0 Å². The first kappa shape index (κ1) is 34.5. The second kappa shape index (κ2) is 12.1. The average molecular weight is 678 g/mol. The first-order valence-electron chi connectivity index (χ1n) is 18.2. The van der Waals surface area contributed by atoms with E-state index in [0.717, 1.165) is 45.0 Å². The molecule has 0 saturated carbocycles. The molecule has 1 atom stereocenters. The van der Waals surface area contributed by atoms with Crippen molar-refractivity contribution in [2.24, 2.45) is 4.99 Å². The molecule has 0 spiro atoms. The summed E-state index contributed by atoms with van der Waals surface area (Å²) in [5, 5.41) is 2.37. The van der Waals surface area contributed by atoms with Crippen LogP contribution in [-0.2, 0) is 21.2 Å². The van der Waals surface area contributed by atoms with Crippen LogP contribution in [0.2, 0.25) is 0 Å². The summed E-state index contributed by atoms with van der Waals surface area (Å²) >= 11 is 0. The molecule has 7 rings (SSSR count). The Morgan fingerprint density at radius 1 is 0.686 bits per heavy atom. The number of aliphatic imine (C=N–C) groups is 1. The largest absolute Gasteiger partial charge is 0.464 e. The zero-order valence-electron chi connectivity index (χ0n) is 32.1. The molecule has 262 valence electrons. The van der Waals surface area contributed by atoms with Crippen molar-refractivity contribution in [2.45, 2.75) is 104 Å². The van der Waals surface area contributed by atoms with Gasteiger partial charge in [-0.05, 0) is 114 Å². The van der Waals surface area contributed by atoms with Crippen LogP contribution in [0.5, 0.6) is 11.5 Å². The molecule has 1 aliphatic rings. The van der Waals surface area contributed by atoms with Crippen LogP contribution >= 0.6 is 0 Å². The predicted molar refractivity (Wildman–Crippen MR) is 212 cm³/mol. The Morgan fingerprint density at radius 3 is 2.08 bits per heavy atom. The molecule has 0 unspecified atom stereocenters. The van der Waals surface area contributed by atoms with Gasteiger partial charge in [0.15, 0.2) is 5.60 Å². The van der Waals surface area contributed by atoms with Gasteiger partial charge in [0.2, 0.25) is 5.90 Å². The fourth-order valence-corrected chi connectivity index (χ4v) is 7.05. The van der Waals surface area contributed by atoms with Gasteiger partial charge in [0.1, 0.15) is 22.9 Å². The van der Waals surface area contributed by atoms with Crippen molar-refractivity contribution in [3.8, 4) is 17.3 Å². The van der Waals surface area contributed by atoms with E-state index in [1.807, 2.05) is 12.3 Å². The van der Waals surface area contributed by atoms with Gasteiger partial charge >= 0.3 is 0 Å². The summed E-state index contributed by atoms with van der Waals surface area (Å²) in [6.45, 7) is 24.3. The number of fused-ring (bicyclic) bond motifs is 3. The van der Waals surface area contributed by atoms with Crippen molar-refractivity contribution >= 4 is 27.7 Å². The lowest BCUT2D eigenvalue weighted by Gasteiger charge is -2.35. The normalized spacial score (nSPS) is 17.6. The quantitative estimate of drug-likeness (QED) is 0.176. The molecular formula is C46H51N3O2. The fraction of sp³-hybridized carbons (Fsp3) is 0.348. The molecule has 5 heteroatoms. The van der Waals surface area contributed by atoms with Crippen molar-refractivity contribution < 1.29 is 9.47 Å². The van der Waals surface area contributed by atoms with Gasteiger partial charge in [-0.15, -0.1) is 0 Å². The minimum atomic E-state index is -0.609. The number of hydrogen-bond donors (Lipinski definition) is 0. The van der Waals surface area contributed by atoms with Gasteiger partial charge in [-0.25, -0.2) is 9.98 Å². The Labute approximate surface area is 303 Å². The van der Waals surface area contributed by atoms with Crippen molar-refractivity contribution in [3.63, 3.8) is 0 Å². The van der Waals surface area contributed by atoms with E-state index in [0.29, 0.717) is 5.90 Å². The van der Waals surface area contributed by atoms with Crippen LogP contribution in [-0.4, -0.2) is 21.0 Å². The van der Waals surface area contributed by atoms with Gasteiger partial charge in [-0.3, -0.25) is 4.57 Å². The van der Waals surface area contributed by atoms with E-state index in [4.69, 9.17) is 19.5 Å². The van der Waals surface area contributed by atoms with Crippen LogP contribution in [0.15, 0.2) is 108 Å². The van der Waals surface area contributed by atoms with E-state index in [1.165, 1.54) is 21.9 Å². The third kappa shape index (κ3) is 6.22. The zero-order valence-corrected chi connectivity index (χ0v) is 32.1. The van der Waals surface area contributed by atoms with Gasteiger partial charge in [-0.1, -0.05) is 91.8 Å². The number of rotatable bonds is 6. The summed E-state index contributed by atoms with van der Waals surface area (Å²) in [4.78, 5) is 10.1. The molecule has 5 nitrogen and oxygen atoms in total. The molecule has 0 saturated heterocycles. The van der Waals surface area contributed by atoms with Gasteiger partial charge in [0.25, 0.3) is 0 Å². The number of aromatic nitrogens is 2. The predicted octanol–water partition coefficient (Wildman–Crippen LogP) is 12.2. The van der Waals surface area contributed by atoms with E-state index in [2.05, 4.69) is 172 Å². The Bertz CT molecular complexity index is 2300. The molecule has 1 aliphatic heterocycles. The van der Waals surface area contributed by atoms with Crippen molar-refractivity contribution in [1.29, 1.82) is 0 Å². The lowest BCUT2D eigenvalue weighted by atomic mass is 9.80. The van der Waals surface area contributed by atoms with Gasteiger partial charge in [0.05, 0.1) is 11.0 Å². The van der Waals surface area contributed by atoms with E-state index in [-0.39, 0.29) is 16.7 Å². The van der Waals surface area contributed by atoms with E-state index < -0.39 is 11.1 Å². The van der Waals surface area contributed by atoms with Crippen LogP contribution in [0.4, 0.5) is 0 Å². The number of hydrogen-bond acceptors (Lipinski definition) is 4. The van der Waals surface area contributed by atoms with Crippen molar-refractivity contribution in [3.05, 3.63) is 131 Å². The Morgan fingerprint density at radius 2 is 1.39 bits per heavy atom. The number of nitrogens with zero attached hydrogens (tertiary/aromatic N) is 3. The highest BCUT2D eigenvalue weighted by Gasteiger charge is 2.50. The molecule has 0 aliphatic carbocycles. The second-order valence-electron chi connectivity index (χ2n) is 17.2. The highest BCUT2D eigenvalue weighted by Crippen LogP contribution is 2.45. The maximum Gasteiger partial charge on any atom is 0.217 e. The average Bonchev–Trinajstić information content (AvgIpc) is 3.53. The summed E-state index contributed by atoms with van der Waals surface area (Å²) in [5.74, 6) is 3.32. The summed E-state index contributed by atoms with van der Waals surface area (Å²) in [5.41, 5.74) is 6.83. The minimum absolute atomic E-state index is 0.00958. The smallest absolute Gasteiger partial charge is 0.217 e. The monoisotopic (exact) mass is 677 g/mol. The van der Waals surface area contributed by atoms with Crippen LogP contribution in [0.1, 0.15) is 110 Å². The minimum Gasteiger partial charge on any atom is -0.464 e. The number of pyridine rings is 1. The van der Waals surface area contributed by atoms with Crippen molar-refractivity contribution in [1.82, 2.24) is 9.55 Å². The number of benzene rings is 4. The third-order valence-corrected chi connectivity index (χ3v) is 10.7. The van der Waals surface area contributed by atoms with Crippen LogP contribution in [0, 0.1) is 0 Å². The lowest BCUT2D eigenvalue weighted by Crippen LogP contribution is -2.41. The summed E-state index contributed by atoms with van der Waals surface area (Å²) in [7, 11) is 0. The third-order valence-electron chi connectivity index (χ3n) is 10.7. The molecule has 4 aromatic carbocycles. The van der Waals surface area contributed by atoms with E-state index >= 15 is 0 Å². The highest BCUT2D eigenvalue weighted by molar-refractivity contribution is 6.09. The summed E-state index contributed by atoms with van der Waals surface area (Å²) in [6.07, 6.45) is 1.92. The summed E-state index contributed by atoms with van der Waals surface area (Å²) < 4.78 is 15.8. The molecule has 2 aromatic heterocycles. The maximum absolute atomic E-state index is 6.78. The van der Waals surface area contributed by atoms with E-state index in [1.54, 1.807) is 0 Å². The maximum atomic E-state index is 6.78. The molecule has 3 heterocycles. The Hall–Kier alpha value is -4.90. The number of ether oxygens (including phenoxy) is 2. The SMILES string of the molecule is CC(C)c1cc(Oc2ccc3c4cc(C(C)(C)C)ccc4n(-c4cc(C(C)(C)C)ccn4)c3c2)cc(C2=NC(C)(C)[C@](C)(c3ccccc3)O2)c1. The molecule has 6 aromatic rings. The molecule has 0 radical (unpaired) electrons. The van der Waals surface area contributed by atoms with Crippen LogP contribution in [0.25, 0.3) is 27.6 Å². The Kier molecular flexibility index (Phi) is 8.20. The summed E-state index contributed by atoms with van der Waals surface area (Å²) in [6, 6.07) is 34.3. The molecule has 0 amide bonds. The van der Waals surface area contributed by atoms with Gasteiger partial charge < -0.3 is 9.47 Å². The van der Waals surface area contributed by atoms with Crippen LogP contribution < -0.4 is 4.74 Å². The topological polar surface area (TPSA) is 48.6 Å². The van der Waals surface area contributed by atoms with Crippen LogP contribution in [0.3, 0.4) is 0 Å². The van der Waals surface area contributed by atoms with E-state index in [9.17, 15) is 0 Å². The standard InChI is InChI=1S/C46H51N3O2/c1-29(2)30-23-31(42-48-45(9,10)46(11,51-42)32-15-13-12-14-16-32)25-36(24-30)50-35-18-19-37-38-26-33(43(3,4)5)17-20-39(38)49(40(37)28-35)41-27-34(21-22-47-41)44(6,7)8/h12-29H,1-11H3/t46-/m0/s1. The molecule has 0 N–H and O–H groups in total. The first-order valence-corrected chi connectivity index (χ1v) is 18.2. The van der Waals surface area contributed by atoms with Gasteiger partial charge in [-0.2, -0.15) is 0 Å². The Balaban J connectivity index is 1.34. The molecule has 0 bridgehead atoms. The fourth-order valence-electron chi connectivity index (χ4n) is 7.05. The first-order chi connectivity index (χ1) is 23.9. The molecule has 51 heavy (non-hydrogen) atoms. The second-order valence-corrected chi connectivity index (χ2v) is 17.2.